The zero-order chi connectivity index (χ0) is 17.5. The Morgan fingerprint density at radius 2 is 1.83 bits per heavy atom. The Balaban J connectivity index is 1.77. The second kappa shape index (κ2) is 5.61. The molecule has 2 atom stereocenters. The van der Waals surface area contributed by atoms with E-state index in [0.717, 1.165) is 17.8 Å². The number of benzene rings is 1. The fourth-order valence-corrected chi connectivity index (χ4v) is 3.29. The normalized spacial score (nSPS) is 22.0. The van der Waals surface area contributed by atoms with E-state index in [0.29, 0.717) is 0 Å². The van der Waals surface area contributed by atoms with E-state index in [1.54, 1.807) is 0 Å². The number of rotatable bonds is 3. The van der Waals surface area contributed by atoms with Gasteiger partial charge in [-0.3, -0.25) is 9.78 Å². The average molecular weight is 334 g/mol. The summed E-state index contributed by atoms with van der Waals surface area (Å²) in [6.07, 6.45) is -3.49. The first-order chi connectivity index (χ1) is 11.2. The largest absolute Gasteiger partial charge is 0.433 e. The molecule has 0 saturated heterocycles. The van der Waals surface area contributed by atoms with E-state index in [-0.39, 0.29) is 28.8 Å². The zero-order valence-electron chi connectivity index (χ0n) is 13.3. The van der Waals surface area contributed by atoms with Gasteiger partial charge < -0.3 is 5.32 Å². The minimum Gasteiger partial charge on any atom is -0.326 e. The molecule has 1 aromatic heterocycles. The van der Waals surface area contributed by atoms with Crippen LogP contribution in [0, 0.1) is 11.3 Å². The van der Waals surface area contributed by atoms with Gasteiger partial charge in [-0.2, -0.15) is 13.2 Å². The summed E-state index contributed by atoms with van der Waals surface area (Å²) in [6.45, 7) is 3.98. The smallest absolute Gasteiger partial charge is 0.326 e. The van der Waals surface area contributed by atoms with Crippen molar-refractivity contribution in [2.24, 2.45) is 11.3 Å². The summed E-state index contributed by atoms with van der Waals surface area (Å²) >= 11 is 0. The molecular weight excluding hydrogens is 317 g/mol. The van der Waals surface area contributed by atoms with Gasteiger partial charge in [-0.15, -0.1) is 0 Å². The number of pyridine rings is 1. The second-order valence-electron chi connectivity index (χ2n) is 6.60. The Labute approximate surface area is 137 Å². The number of carbonyl (C=O) groups is 1. The van der Waals surface area contributed by atoms with Crippen molar-refractivity contribution in [1.29, 1.82) is 0 Å². The number of hydrogen-bond acceptors (Lipinski definition) is 2. The summed E-state index contributed by atoms with van der Waals surface area (Å²) < 4.78 is 38.1. The fraction of sp³-hybridized carbons (Fsp3) is 0.333. The quantitative estimate of drug-likeness (QED) is 0.899. The van der Waals surface area contributed by atoms with Crippen molar-refractivity contribution in [1.82, 2.24) is 4.98 Å². The minimum absolute atomic E-state index is 0.0580. The SMILES string of the molecule is CC1(C)C(C(=O)Nc2ccnc(C(F)(F)F)c2)C1c1ccccc1. The maximum Gasteiger partial charge on any atom is 0.433 e. The topological polar surface area (TPSA) is 42.0 Å². The first-order valence-corrected chi connectivity index (χ1v) is 7.60. The molecule has 1 saturated carbocycles. The van der Waals surface area contributed by atoms with E-state index < -0.39 is 11.9 Å². The molecule has 1 aliphatic carbocycles. The van der Waals surface area contributed by atoms with Crippen molar-refractivity contribution < 1.29 is 18.0 Å². The lowest BCUT2D eigenvalue weighted by Crippen LogP contribution is -2.18. The second-order valence-corrected chi connectivity index (χ2v) is 6.60. The summed E-state index contributed by atoms with van der Waals surface area (Å²) in [4.78, 5) is 15.8. The lowest BCUT2D eigenvalue weighted by atomic mass is 10.0. The van der Waals surface area contributed by atoms with Crippen LogP contribution in [-0.2, 0) is 11.0 Å². The Morgan fingerprint density at radius 3 is 2.46 bits per heavy atom. The molecular formula is C18H17F3N2O. The number of amides is 1. The third-order valence-corrected chi connectivity index (χ3v) is 4.59. The molecule has 126 valence electrons. The van der Waals surface area contributed by atoms with Gasteiger partial charge in [0.1, 0.15) is 5.69 Å². The van der Waals surface area contributed by atoms with Gasteiger partial charge in [-0.1, -0.05) is 44.2 Å². The predicted octanol–water partition coefficient (Wildman–Crippen LogP) is 4.48. The Hall–Kier alpha value is -2.37. The molecule has 2 unspecified atom stereocenters. The van der Waals surface area contributed by atoms with E-state index in [4.69, 9.17) is 0 Å². The maximum atomic E-state index is 12.7. The van der Waals surface area contributed by atoms with Crippen molar-refractivity contribution in [3.05, 3.63) is 59.9 Å². The monoisotopic (exact) mass is 334 g/mol. The molecule has 1 aliphatic rings. The van der Waals surface area contributed by atoms with Crippen LogP contribution in [0.2, 0.25) is 0 Å². The van der Waals surface area contributed by atoms with Gasteiger partial charge in [0.05, 0.1) is 5.92 Å². The molecule has 0 spiro atoms. The number of alkyl halides is 3. The van der Waals surface area contributed by atoms with E-state index in [9.17, 15) is 18.0 Å². The van der Waals surface area contributed by atoms with Crippen LogP contribution in [0.1, 0.15) is 31.0 Å². The molecule has 6 heteroatoms. The van der Waals surface area contributed by atoms with Crippen LogP contribution < -0.4 is 5.32 Å². The van der Waals surface area contributed by atoms with Gasteiger partial charge in [-0.25, -0.2) is 0 Å². The summed E-state index contributed by atoms with van der Waals surface area (Å²) in [5, 5.41) is 2.59. The number of halogens is 3. The lowest BCUT2D eigenvalue weighted by molar-refractivity contribution is -0.141. The van der Waals surface area contributed by atoms with Gasteiger partial charge in [0.15, 0.2) is 0 Å². The van der Waals surface area contributed by atoms with Gasteiger partial charge in [0.25, 0.3) is 0 Å². The lowest BCUT2D eigenvalue weighted by Gasteiger charge is -2.09. The minimum atomic E-state index is -4.54. The molecule has 1 fully saturated rings. The van der Waals surface area contributed by atoms with E-state index in [2.05, 4.69) is 10.3 Å². The van der Waals surface area contributed by atoms with Crippen LogP contribution >= 0.6 is 0 Å². The summed E-state index contributed by atoms with van der Waals surface area (Å²) in [6, 6.07) is 11.9. The van der Waals surface area contributed by atoms with E-state index >= 15 is 0 Å². The van der Waals surface area contributed by atoms with Crippen LogP contribution in [-0.4, -0.2) is 10.9 Å². The summed E-state index contributed by atoms with van der Waals surface area (Å²) in [5.41, 5.74) is -0.0779. The Bertz CT molecular complexity index is 756. The predicted molar refractivity (Wildman–Crippen MR) is 84.3 cm³/mol. The maximum absolute atomic E-state index is 12.7. The first kappa shape index (κ1) is 16.5. The van der Waals surface area contributed by atoms with Crippen LogP contribution in [0.3, 0.4) is 0 Å². The molecule has 1 aromatic carbocycles. The van der Waals surface area contributed by atoms with Gasteiger partial charge in [0, 0.05) is 17.8 Å². The van der Waals surface area contributed by atoms with Crippen LogP contribution in [0.4, 0.5) is 18.9 Å². The molecule has 2 aromatic rings. The van der Waals surface area contributed by atoms with Gasteiger partial charge in [0.2, 0.25) is 5.91 Å². The van der Waals surface area contributed by atoms with Crippen molar-refractivity contribution in [3.8, 4) is 0 Å². The highest BCUT2D eigenvalue weighted by atomic mass is 19.4. The molecule has 1 heterocycles. The van der Waals surface area contributed by atoms with Gasteiger partial charge >= 0.3 is 6.18 Å². The molecule has 1 N–H and O–H groups in total. The van der Waals surface area contributed by atoms with Crippen molar-refractivity contribution in [2.75, 3.05) is 5.32 Å². The number of nitrogens with one attached hydrogen (secondary N) is 1. The van der Waals surface area contributed by atoms with Crippen molar-refractivity contribution >= 4 is 11.6 Å². The zero-order valence-corrected chi connectivity index (χ0v) is 13.3. The number of carbonyl (C=O) groups excluding carboxylic acids is 1. The Morgan fingerprint density at radius 1 is 1.17 bits per heavy atom. The number of aromatic nitrogens is 1. The molecule has 0 radical (unpaired) electrons. The standard InChI is InChI=1S/C18H17F3N2O/c1-17(2)14(11-6-4-3-5-7-11)15(17)16(24)23-12-8-9-22-13(10-12)18(19,20)21/h3-10,14-15H,1-2H3,(H,22,23,24). The number of nitrogens with zero attached hydrogens (tertiary/aromatic N) is 1. The number of hydrogen-bond donors (Lipinski definition) is 1. The van der Waals surface area contributed by atoms with Crippen LogP contribution in [0.5, 0.6) is 0 Å². The highest BCUT2D eigenvalue weighted by Gasteiger charge is 2.62. The highest BCUT2D eigenvalue weighted by Crippen LogP contribution is 2.64. The van der Waals surface area contributed by atoms with E-state index in [1.807, 2.05) is 44.2 Å². The molecule has 0 bridgehead atoms. The third kappa shape index (κ3) is 3.00. The molecule has 3 nitrogen and oxygen atoms in total. The first-order valence-electron chi connectivity index (χ1n) is 7.60. The molecule has 24 heavy (non-hydrogen) atoms. The number of anilines is 1. The van der Waals surface area contributed by atoms with Crippen LogP contribution in [0.15, 0.2) is 48.7 Å². The van der Waals surface area contributed by atoms with Crippen molar-refractivity contribution in [2.45, 2.75) is 25.9 Å². The molecule has 1 amide bonds. The van der Waals surface area contributed by atoms with E-state index in [1.165, 1.54) is 6.07 Å². The average Bonchev–Trinajstić information content (AvgIpc) is 3.10. The van der Waals surface area contributed by atoms with Crippen molar-refractivity contribution in [3.63, 3.8) is 0 Å². The highest BCUT2D eigenvalue weighted by molar-refractivity contribution is 5.96. The summed E-state index contributed by atoms with van der Waals surface area (Å²) in [5.74, 6) is -0.488. The van der Waals surface area contributed by atoms with Gasteiger partial charge in [-0.05, 0) is 23.1 Å². The molecule has 0 aliphatic heterocycles. The third-order valence-electron chi connectivity index (χ3n) is 4.59. The fourth-order valence-electron chi connectivity index (χ4n) is 3.29. The Kier molecular flexibility index (Phi) is 3.86. The van der Waals surface area contributed by atoms with Crippen LogP contribution in [0.25, 0.3) is 0 Å². The summed E-state index contributed by atoms with van der Waals surface area (Å²) in [7, 11) is 0. The molecule has 3 rings (SSSR count).